The normalized spacial score (nSPS) is 8.08. The number of benzene rings is 1. The predicted molar refractivity (Wildman–Crippen MR) is 58.7 cm³/mol. The lowest BCUT2D eigenvalue weighted by molar-refractivity contribution is 0.476. The van der Waals surface area contributed by atoms with Gasteiger partial charge in [-0.15, -0.1) is 37.4 Å². The van der Waals surface area contributed by atoms with Gasteiger partial charge < -0.3 is 16.6 Å². The van der Waals surface area contributed by atoms with Crippen LogP contribution in [0.4, 0.5) is 11.4 Å². The molecule has 0 unspecified atom stereocenters. The number of phenols is 1. The van der Waals surface area contributed by atoms with Crippen molar-refractivity contribution in [1.29, 1.82) is 0 Å². The quantitative estimate of drug-likeness (QED) is 0.237. The first-order chi connectivity index (χ1) is 4.61. The van der Waals surface area contributed by atoms with Crippen molar-refractivity contribution < 1.29 is 5.11 Å². The van der Waals surface area contributed by atoms with Gasteiger partial charge in [0.05, 0.1) is 5.69 Å². The second kappa shape index (κ2) is 5.24. The molecule has 0 bridgehead atoms. The lowest BCUT2D eigenvalue weighted by Gasteiger charge is -2.01. The fourth-order valence-corrected chi connectivity index (χ4v) is 0.798. The maximum atomic E-state index is 9.00. The minimum Gasteiger partial charge on any atom is -0.506 e. The third-order valence-corrected chi connectivity index (χ3v) is 1.56. The summed E-state index contributed by atoms with van der Waals surface area (Å²) >= 11 is 3.97. The van der Waals surface area contributed by atoms with Crippen molar-refractivity contribution in [3.8, 4) is 5.75 Å². The molecule has 0 spiro atoms. The van der Waals surface area contributed by atoms with Gasteiger partial charge in [0, 0.05) is 10.6 Å². The molecule has 0 saturated heterocycles. The molecule has 0 aliphatic rings. The minimum absolute atomic E-state index is 0. The monoisotopic (exact) mass is 228 g/mol. The molecule has 5 N–H and O–H groups in total. The Morgan fingerprint density at radius 1 is 1.08 bits per heavy atom. The molecule has 0 saturated carbocycles. The van der Waals surface area contributed by atoms with Crippen LogP contribution in [0.2, 0.25) is 0 Å². The Bertz CT molecular complexity index is 220. The van der Waals surface area contributed by atoms with Gasteiger partial charge in [-0.1, -0.05) is 0 Å². The van der Waals surface area contributed by atoms with E-state index in [1.807, 2.05) is 0 Å². The molecular formula is C6H10Cl2N2OS. The SMILES string of the molecule is Cl.Cl.Nc1cc(N)c(S)cc1O. The Balaban J connectivity index is 0. The van der Waals surface area contributed by atoms with Crippen LogP contribution in [-0.4, -0.2) is 5.11 Å². The smallest absolute Gasteiger partial charge is 0.139 e. The van der Waals surface area contributed by atoms with Crippen molar-refractivity contribution in [1.82, 2.24) is 0 Å². The van der Waals surface area contributed by atoms with Crippen LogP contribution < -0.4 is 11.5 Å². The first kappa shape index (κ1) is 14.1. The Morgan fingerprint density at radius 3 is 2.00 bits per heavy atom. The second-order valence-electron chi connectivity index (χ2n) is 1.97. The summed E-state index contributed by atoms with van der Waals surface area (Å²) in [4.78, 5) is 0.534. The molecule has 1 aromatic rings. The number of anilines is 2. The number of aromatic hydroxyl groups is 1. The Labute approximate surface area is 88.4 Å². The van der Waals surface area contributed by atoms with E-state index < -0.39 is 0 Å². The first-order valence-corrected chi connectivity index (χ1v) is 3.13. The second-order valence-corrected chi connectivity index (χ2v) is 2.45. The van der Waals surface area contributed by atoms with Crippen molar-refractivity contribution in [3.05, 3.63) is 12.1 Å². The van der Waals surface area contributed by atoms with Crippen molar-refractivity contribution in [2.45, 2.75) is 4.90 Å². The molecule has 0 aromatic heterocycles. The molecule has 1 aromatic carbocycles. The van der Waals surface area contributed by atoms with E-state index in [0.717, 1.165) is 0 Å². The molecule has 0 atom stereocenters. The van der Waals surface area contributed by atoms with E-state index in [4.69, 9.17) is 16.6 Å². The van der Waals surface area contributed by atoms with Crippen LogP contribution in [0.3, 0.4) is 0 Å². The number of rotatable bonds is 0. The number of phenolic OH excluding ortho intramolecular Hbond substituents is 1. The summed E-state index contributed by atoms with van der Waals surface area (Å²) in [5, 5.41) is 9.00. The van der Waals surface area contributed by atoms with E-state index in [-0.39, 0.29) is 36.3 Å². The van der Waals surface area contributed by atoms with E-state index in [1.54, 1.807) is 0 Å². The van der Waals surface area contributed by atoms with E-state index in [9.17, 15) is 0 Å². The molecule has 70 valence electrons. The molecule has 12 heavy (non-hydrogen) atoms. The summed E-state index contributed by atoms with van der Waals surface area (Å²) in [6, 6.07) is 2.88. The Kier molecular flexibility index (Phi) is 6.16. The summed E-state index contributed by atoms with van der Waals surface area (Å²) in [7, 11) is 0. The molecule has 1 rings (SSSR count). The standard InChI is InChI=1S/C6H8N2OS.2ClH/c7-3-1-4(8)6(10)2-5(3)9;;/h1-2,9-10H,7-8H2;2*1H. The van der Waals surface area contributed by atoms with Gasteiger partial charge in [-0.05, 0) is 12.1 Å². The minimum atomic E-state index is 0. The predicted octanol–water partition coefficient (Wildman–Crippen LogP) is 1.69. The van der Waals surface area contributed by atoms with Crippen LogP contribution in [0.25, 0.3) is 0 Å². The Morgan fingerprint density at radius 2 is 1.58 bits per heavy atom. The molecule has 0 heterocycles. The van der Waals surface area contributed by atoms with E-state index in [0.29, 0.717) is 10.6 Å². The zero-order valence-corrected chi connectivity index (χ0v) is 8.55. The molecule has 6 heteroatoms. The van der Waals surface area contributed by atoms with E-state index in [1.165, 1.54) is 12.1 Å². The zero-order valence-electron chi connectivity index (χ0n) is 6.02. The number of nitrogen functional groups attached to an aromatic ring is 2. The molecule has 0 radical (unpaired) electrons. The largest absolute Gasteiger partial charge is 0.506 e. The molecule has 0 aliphatic carbocycles. The van der Waals surface area contributed by atoms with E-state index >= 15 is 0 Å². The topological polar surface area (TPSA) is 72.3 Å². The van der Waals surface area contributed by atoms with Crippen LogP contribution in [0, 0.1) is 0 Å². The number of nitrogens with two attached hydrogens (primary N) is 2. The van der Waals surface area contributed by atoms with Gasteiger partial charge in [0.1, 0.15) is 5.75 Å². The maximum absolute atomic E-state index is 9.00. The highest BCUT2D eigenvalue weighted by Crippen LogP contribution is 2.28. The average molecular weight is 229 g/mol. The molecular weight excluding hydrogens is 219 g/mol. The number of thiol groups is 1. The summed E-state index contributed by atoms with van der Waals surface area (Å²) in [6.07, 6.45) is 0. The van der Waals surface area contributed by atoms with Gasteiger partial charge in [-0.2, -0.15) is 0 Å². The van der Waals surface area contributed by atoms with Crippen molar-refractivity contribution in [2.24, 2.45) is 0 Å². The fraction of sp³-hybridized carbons (Fsp3) is 0. The first-order valence-electron chi connectivity index (χ1n) is 2.68. The lowest BCUT2D eigenvalue weighted by atomic mass is 10.2. The van der Waals surface area contributed by atoms with Gasteiger partial charge in [-0.25, -0.2) is 0 Å². The van der Waals surface area contributed by atoms with Gasteiger partial charge in [0.25, 0.3) is 0 Å². The van der Waals surface area contributed by atoms with Gasteiger partial charge in [-0.3, -0.25) is 0 Å². The van der Waals surface area contributed by atoms with Crippen LogP contribution >= 0.6 is 37.4 Å². The van der Waals surface area contributed by atoms with Crippen LogP contribution in [0.1, 0.15) is 0 Å². The van der Waals surface area contributed by atoms with Gasteiger partial charge in [0.2, 0.25) is 0 Å². The third-order valence-electron chi connectivity index (χ3n) is 1.18. The highest BCUT2D eigenvalue weighted by Gasteiger charge is 1.99. The highest BCUT2D eigenvalue weighted by atomic mass is 35.5. The number of hydrogen-bond acceptors (Lipinski definition) is 4. The van der Waals surface area contributed by atoms with Crippen molar-refractivity contribution >= 4 is 48.8 Å². The lowest BCUT2D eigenvalue weighted by Crippen LogP contribution is -1.91. The molecule has 0 aliphatic heterocycles. The average Bonchev–Trinajstić information content (AvgIpc) is 1.84. The van der Waals surface area contributed by atoms with Crippen LogP contribution in [0.5, 0.6) is 5.75 Å². The Hall–Kier alpha value is -0.450. The zero-order chi connectivity index (χ0) is 7.72. The number of hydrogen-bond donors (Lipinski definition) is 4. The fourth-order valence-electron chi connectivity index (χ4n) is 0.612. The summed E-state index contributed by atoms with van der Waals surface area (Å²) in [5.74, 6) is 0.0131. The molecule has 0 fully saturated rings. The summed E-state index contributed by atoms with van der Waals surface area (Å²) in [5.41, 5.74) is 11.5. The third kappa shape index (κ3) is 2.89. The van der Waals surface area contributed by atoms with Crippen LogP contribution in [0.15, 0.2) is 17.0 Å². The summed E-state index contributed by atoms with van der Waals surface area (Å²) in [6.45, 7) is 0. The summed E-state index contributed by atoms with van der Waals surface area (Å²) < 4.78 is 0. The van der Waals surface area contributed by atoms with E-state index in [2.05, 4.69) is 12.6 Å². The molecule has 0 amide bonds. The maximum Gasteiger partial charge on any atom is 0.139 e. The van der Waals surface area contributed by atoms with Gasteiger partial charge >= 0.3 is 0 Å². The number of halogens is 2. The highest BCUT2D eigenvalue weighted by molar-refractivity contribution is 7.80. The molecule has 3 nitrogen and oxygen atoms in total. The van der Waals surface area contributed by atoms with Crippen LogP contribution in [-0.2, 0) is 0 Å². The van der Waals surface area contributed by atoms with Crippen molar-refractivity contribution in [2.75, 3.05) is 11.5 Å². The van der Waals surface area contributed by atoms with Crippen molar-refractivity contribution in [3.63, 3.8) is 0 Å². The van der Waals surface area contributed by atoms with Gasteiger partial charge in [0.15, 0.2) is 0 Å².